The number of nitrogens with zero attached hydrogens (tertiary/aromatic N) is 4. The molecule has 1 aromatic carbocycles. The SMILES string of the molecule is Cc1nnc(S[C@@H](C(=O)N2CCCC2)c2ccccc2)n(N)c1=O. The van der Waals surface area contributed by atoms with Gasteiger partial charge in [-0.1, -0.05) is 42.1 Å². The molecule has 1 atom stereocenters. The molecule has 1 fully saturated rings. The second kappa shape index (κ2) is 7.04. The van der Waals surface area contributed by atoms with Crippen molar-refractivity contribution in [3.05, 3.63) is 51.9 Å². The van der Waals surface area contributed by atoms with Crippen LogP contribution in [0.25, 0.3) is 0 Å². The summed E-state index contributed by atoms with van der Waals surface area (Å²) in [6.45, 7) is 3.08. The molecule has 1 saturated heterocycles. The Hall–Kier alpha value is -2.35. The van der Waals surface area contributed by atoms with E-state index >= 15 is 0 Å². The van der Waals surface area contributed by atoms with Crippen molar-refractivity contribution in [1.29, 1.82) is 0 Å². The maximum absolute atomic E-state index is 12.9. The molecule has 1 aromatic heterocycles. The number of nitrogen functional groups attached to an aromatic ring is 1. The van der Waals surface area contributed by atoms with E-state index in [2.05, 4.69) is 10.2 Å². The normalized spacial score (nSPS) is 15.5. The Balaban J connectivity index is 1.95. The molecule has 0 spiro atoms. The number of hydrogen-bond donors (Lipinski definition) is 1. The van der Waals surface area contributed by atoms with E-state index in [4.69, 9.17) is 5.84 Å². The van der Waals surface area contributed by atoms with Gasteiger partial charge in [-0.15, -0.1) is 10.2 Å². The predicted octanol–water partition coefficient (Wildman–Crippen LogP) is 1.12. The number of hydrogen-bond acceptors (Lipinski definition) is 6. The number of aryl methyl sites for hydroxylation is 1. The van der Waals surface area contributed by atoms with Gasteiger partial charge < -0.3 is 10.7 Å². The van der Waals surface area contributed by atoms with Gasteiger partial charge in [-0.2, -0.15) is 4.68 Å². The highest BCUT2D eigenvalue weighted by molar-refractivity contribution is 8.00. The minimum atomic E-state index is -0.504. The fraction of sp³-hybridized carbons (Fsp3) is 0.375. The number of likely N-dealkylation sites (tertiary alicyclic amines) is 1. The molecule has 0 saturated carbocycles. The van der Waals surface area contributed by atoms with Crippen LogP contribution in [0.5, 0.6) is 0 Å². The van der Waals surface area contributed by atoms with Crippen molar-refractivity contribution < 1.29 is 4.79 Å². The van der Waals surface area contributed by atoms with Gasteiger partial charge in [0.1, 0.15) is 10.9 Å². The first-order chi connectivity index (χ1) is 11.6. The summed E-state index contributed by atoms with van der Waals surface area (Å²) in [5.41, 5.74) is 0.672. The Morgan fingerprint density at radius 1 is 1.21 bits per heavy atom. The molecular formula is C16H19N5O2S. The van der Waals surface area contributed by atoms with E-state index in [9.17, 15) is 9.59 Å². The molecule has 1 aliphatic rings. The Morgan fingerprint density at radius 3 is 2.54 bits per heavy atom. The second-order valence-corrected chi connectivity index (χ2v) is 6.76. The van der Waals surface area contributed by atoms with Gasteiger partial charge in [0.15, 0.2) is 0 Å². The maximum atomic E-state index is 12.9. The molecule has 8 heteroatoms. The van der Waals surface area contributed by atoms with E-state index in [1.165, 1.54) is 0 Å². The molecule has 0 aliphatic carbocycles. The van der Waals surface area contributed by atoms with Crippen molar-refractivity contribution in [3.8, 4) is 0 Å². The third-order valence-corrected chi connectivity index (χ3v) is 5.19. The van der Waals surface area contributed by atoms with E-state index in [1.54, 1.807) is 6.92 Å². The number of rotatable bonds is 4. The molecule has 2 heterocycles. The van der Waals surface area contributed by atoms with Gasteiger partial charge in [-0.3, -0.25) is 9.59 Å². The summed E-state index contributed by atoms with van der Waals surface area (Å²) in [6.07, 6.45) is 2.04. The molecule has 0 bridgehead atoms. The fourth-order valence-corrected chi connectivity index (χ4v) is 3.69. The minimum Gasteiger partial charge on any atom is -0.341 e. The molecule has 3 rings (SSSR count). The van der Waals surface area contributed by atoms with Gasteiger partial charge >= 0.3 is 0 Å². The van der Waals surface area contributed by atoms with Gasteiger partial charge in [0.25, 0.3) is 5.56 Å². The fourth-order valence-electron chi connectivity index (χ4n) is 2.65. The molecular weight excluding hydrogens is 326 g/mol. The molecule has 126 valence electrons. The first kappa shape index (κ1) is 16.5. The average molecular weight is 345 g/mol. The van der Waals surface area contributed by atoms with E-state index < -0.39 is 10.8 Å². The smallest absolute Gasteiger partial charge is 0.294 e. The Kier molecular flexibility index (Phi) is 4.84. The van der Waals surface area contributed by atoms with Crippen molar-refractivity contribution in [2.45, 2.75) is 30.2 Å². The van der Waals surface area contributed by atoms with Crippen LogP contribution < -0.4 is 11.4 Å². The van der Waals surface area contributed by atoms with E-state index in [0.29, 0.717) is 0 Å². The number of amides is 1. The van der Waals surface area contributed by atoms with Crippen LogP contribution in [0.2, 0.25) is 0 Å². The number of carbonyl (C=O) groups excluding carboxylic acids is 1. The zero-order chi connectivity index (χ0) is 17.1. The van der Waals surface area contributed by atoms with Crippen molar-refractivity contribution in [2.75, 3.05) is 18.9 Å². The topological polar surface area (TPSA) is 94.1 Å². The number of aromatic nitrogens is 3. The third-order valence-electron chi connectivity index (χ3n) is 3.99. The zero-order valence-corrected chi connectivity index (χ0v) is 14.2. The predicted molar refractivity (Wildman–Crippen MR) is 92.0 cm³/mol. The number of benzene rings is 1. The molecule has 0 unspecified atom stereocenters. The second-order valence-electron chi connectivity index (χ2n) is 5.68. The molecule has 2 aromatic rings. The van der Waals surface area contributed by atoms with Gasteiger partial charge in [-0.05, 0) is 25.3 Å². The molecule has 2 N–H and O–H groups in total. The first-order valence-electron chi connectivity index (χ1n) is 7.79. The lowest BCUT2D eigenvalue weighted by Crippen LogP contribution is -2.34. The third kappa shape index (κ3) is 3.28. The maximum Gasteiger partial charge on any atom is 0.294 e. The van der Waals surface area contributed by atoms with Crippen molar-refractivity contribution in [3.63, 3.8) is 0 Å². The first-order valence-corrected chi connectivity index (χ1v) is 8.67. The largest absolute Gasteiger partial charge is 0.341 e. The van der Waals surface area contributed by atoms with Gasteiger partial charge in [-0.25, -0.2) is 0 Å². The van der Waals surface area contributed by atoms with Gasteiger partial charge in [0.05, 0.1) is 0 Å². The lowest BCUT2D eigenvalue weighted by atomic mass is 10.1. The summed E-state index contributed by atoms with van der Waals surface area (Å²) < 4.78 is 0.959. The highest BCUT2D eigenvalue weighted by atomic mass is 32.2. The van der Waals surface area contributed by atoms with Crippen LogP contribution >= 0.6 is 11.8 Å². The van der Waals surface area contributed by atoms with E-state index in [0.717, 1.165) is 47.9 Å². The molecule has 24 heavy (non-hydrogen) atoms. The molecule has 0 radical (unpaired) electrons. The minimum absolute atomic E-state index is 0.0125. The Labute approximate surface area is 143 Å². The summed E-state index contributed by atoms with van der Waals surface area (Å²) in [5.74, 6) is 5.83. The van der Waals surface area contributed by atoms with Crippen LogP contribution in [-0.2, 0) is 4.79 Å². The van der Waals surface area contributed by atoms with Gasteiger partial charge in [0, 0.05) is 13.1 Å². The van der Waals surface area contributed by atoms with E-state index in [1.807, 2.05) is 35.2 Å². The lowest BCUT2D eigenvalue weighted by molar-refractivity contribution is -0.129. The monoisotopic (exact) mass is 345 g/mol. The number of nitrogens with two attached hydrogens (primary N) is 1. The van der Waals surface area contributed by atoms with Crippen molar-refractivity contribution >= 4 is 17.7 Å². The summed E-state index contributed by atoms with van der Waals surface area (Å²) >= 11 is 1.16. The molecule has 1 amide bonds. The van der Waals surface area contributed by atoms with Crippen LogP contribution in [0.3, 0.4) is 0 Å². The number of thioether (sulfide) groups is 1. The summed E-state index contributed by atoms with van der Waals surface area (Å²) in [6, 6.07) is 9.46. The van der Waals surface area contributed by atoms with Gasteiger partial charge in [0.2, 0.25) is 11.1 Å². The Bertz CT molecular complexity index is 787. The number of carbonyl (C=O) groups is 1. The highest BCUT2D eigenvalue weighted by Crippen LogP contribution is 2.35. The standard InChI is InChI=1S/C16H19N5O2S/c1-11-14(22)21(17)16(19-18-11)24-13(12-7-3-2-4-8-12)15(23)20-9-5-6-10-20/h2-4,7-8,13H,5-6,9-10,17H2,1H3/t13-/m1/s1. The van der Waals surface area contributed by atoms with Crippen molar-refractivity contribution in [1.82, 2.24) is 19.8 Å². The van der Waals surface area contributed by atoms with Crippen LogP contribution in [0.1, 0.15) is 29.3 Å². The molecule has 1 aliphatic heterocycles. The molecule has 7 nitrogen and oxygen atoms in total. The zero-order valence-electron chi connectivity index (χ0n) is 13.4. The van der Waals surface area contributed by atoms with Crippen LogP contribution in [0, 0.1) is 6.92 Å². The summed E-state index contributed by atoms with van der Waals surface area (Å²) in [4.78, 5) is 26.8. The summed E-state index contributed by atoms with van der Waals surface area (Å²) in [7, 11) is 0. The van der Waals surface area contributed by atoms with E-state index in [-0.39, 0.29) is 16.8 Å². The highest BCUT2D eigenvalue weighted by Gasteiger charge is 2.30. The summed E-state index contributed by atoms with van der Waals surface area (Å²) in [5, 5.41) is 7.55. The van der Waals surface area contributed by atoms with Crippen LogP contribution in [0.15, 0.2) is 40.3 Å². The average Bonchev–Trinajstić information content (AvgIpc) is 3.14. The van der Waals surface area contributed by atoms with Crippen LogP contribution in [-0.4, -0.2) is 38.8 Å². The lowest BCUT2D eigenvalue weighted by Gasteiger charge is -2.23. The quantitative estimate of drug-likeness (QED) is 0.659. The Morgan fingerprint density at radius 2 is 1.88 bits per heavy atom. The van der Waals surface area contributed by atoms with Crippen molar-refractivity contribution in [2.24, 2.45) is 0 Å². The van der Waals surface area contributed by atoms with Crippen LogP contribution in [0.4, 0.5) is 0 Å².